The standard InChI is InChI=1S/C19H16N2OS/c1-2-8-18-16(7-1)22-17-11-15(6-3-9-19(17)23-18)21-13-14-5-4-10-20-12-14/h1-2,4-12,21H,3,13H2. The molecule has 3 nitrogen and oxygen atoms in total. The second-order valence-electron chi connectivity index (χ2n) is 5.34. The molecule has 4 heteroatoms. The summed E-state index contributed by atoms with van der Waals surface area (Å²) in [7, 11) is 0. The number of pyridine rings is 1. The van der Waals surface area contributed by atoms with E-state index < -0.39 is 0 Å². The normalized spacial score (nSPS) is 15.9. The summed E-state index contributed by atoms with van der Waals surface area (Å²) in [4.78, 5) is 6.49. The first-order valence-corrected chi connectivity index (χ1v) is 8.40. The van der Waals surface area contributed by atoms with E-state index in [-0.39, 0.29) is 0 Å². The van der Waals surface area contributed by atoms with Gasteiger partial charge in [0.1, 0.15) is 11.5 Å². The molecule has 2 aromatic rings. The van der Waals surface area contributed by atoms with Gasteiger partial charge in [-0.15, -0.1) is 0 Å². The third-order valence-electron chi connectivity index (χ3n) is 3.68. The number of thioether (sulfide) groups is 1. The highest BCUT2D eigenvalue weighted by Gasteiger charge is 2.21. The zero-order chi connectivity index (χ0) is 15.5. The van der Waals surface area contributed by atoms with Crippen molar-refractivity contribution in [3.8, 4) is 5.75 Å². The molecule has 4 rings (SSSR count). The number of hydrogen-bond acceptors (Lipinski definition) is 4. The lowest BCUT2D eigenvalue weighted by molar-refractivity contribution is 0.426. The van der Waals surface area contributed by atoms with E-state index in [0.29, 0.717) is 0 Å². The van der Waals surface area contributed by atoms with Crippen LogP contribution in [0.4, 0.5) is 0 Å². The van der Waals surface area contributed by atoms with E-state index >= 15 is 0 Å². The summed E-state index contributed by atoms with van der Waals surface area (Å²) < 4.78 is 6.08. The van der Waals surface area contributed by atoms with Gasteiger partial charge in [0.15, 0.2) is 0 Å². The minimum absolute atomic E-state index is 0.752. The lowest BCUT2D eigenvalue weighted by Crippen LogP contribution is -2.13. The number of ether oxygens (including phenoxy) is 1. The van der Waals surface area contributed by atoms with Crippen LogP contribution in [0.2, 0.25) is 0 Å². The van der Waals surface area contributed by atoms with Crippen molar-refractivity contribution in [3.05, 3.63) is 88.9 Å². The minimum atomic E-state index is 0.752. The predicted octanol–water partition coefficient (Wildman–Crippen LogP) is 4.41. The van der Waals surface area contributed by atoms with Gasteiger partial charge >= 0.3 is 0 Å². The smallest absolute Gasteiger partial charge is 0.143 e. The molecule has 2 heterocycles. The molecular weight excluding hydrogens is 304 g/mol. The number of fused-ring (bicyclic) bond motifs is 2. The number of hydrogen-bond donors (Lipinski definition) is 1. The molecule has 1 aliphatic heterocycles. The molecule has 0 bridgehead atoms. The molecule has 0 unspecified atom stereocenters. The average Bonchev–Trinajstić information content (AvgIpc) is 2.80. The van der Waals surface area contributed by atoms with Crippen molar-refractivity contribution < 1.29 is 4.74 Å². The fourth-order valence-corrected chi connectivity index (χ4v) is 3.50. The summed E-state index contributed by atoms with van der Waals surface area (Å²) in [5, 5.41) is 3.46. The Kier molecular flexibility index (Phi) is 3.90. The molecule has 0 saturated heterocycles. The Labute approximate surface area is 139 Å². The second kappa shape index (κ2) is 6.34. The molecule has 1 aromatic heterocycles. The molecule has 114 valence electrons. The van der Waals surface area contributed by atoms with Gasteiger partial charge in [-0.2, -0.15) is 0 Å². The summed E-state index contributed by atoms with van der Waals surface area (Å²) in [6.07, 6.45) is 11.0. The van der Waals surface area contributed by atoms with Crippen molar-refractivity contribution in [1.29, 1.82) is 0 Å². The number of aromatic nitrogens is 1. The Hall–Kier alpha value is -2.46. The van der Waals surface area contributed by atoms with Crippen LogP contribution >= 0.6 is 11.8 Å². The van der Waals surface area contributed by atoms with Crippen LogP contribution in [-0.4, -0.2) is 4.98 Å². The van der Waals surface area contributed by atoms with Crippen molar-refractivity contribution in [2.75, 3.05) is 0 Å². The Bertz CT molecular complexity index is 809. The first-order valence-electron chi connectivity index (χ1n) is 7.58. The number of nitrogens with one attached hydrogen (secondary N) is 1. The lowest BCUT2D eigenvalue weighted by atomic mass is 10.2. The highest BCUT2D eigenvalue weighted by Crippen LogP contribution is 2.44. The molecular formula is C19H16N2OS. The average molecular weight is 320 g/mol. The van der Waals surface area contributed by atoms with E-state index in [9.17, 15) is 0 Å². The molecule has 1 aliphatic carbocycles. The molecule has 0 radical (unpaired) electrons. The Morgan fingerprint density at radius 3 is 3.00 bits per heavy atom. The summed E-state index contributed by atoms with van der Waals surface area (Å²) in [5.41, 5.74) is 2.24. The Morgan fingerprint density at radius 1 is 1.13 bits per heavy atom. The fourth-order valence-electron chi connectivity index (χ4n) is 2.52. The molecule has 2 aliphatic rings. The maximum atomic E-state index is 6.08. The first kappa shape index (κ1) is 14.2. The highest BCUT2D eigenvalue weighted by molar-refractivity contribution is 8.03. The maximum Gasteiger partial charge on any atom is 0.143 e. The second-order valence-corrected chi connectivity index (χ2v) is 6.42. The van der Waals surface area contributed by atoms with E-state index in [2.05, 4.69) is 40.7 Å². The number of allylic oxidation sites excluding steroid dienone is 3. The van der Waals surface area contributed by atoms with Crippen molar-refractivity contribution in [1.82, 2.24) is 10.3 Å². The Morgan fingerprint density at radius 2 is 2.09 bits per heavy atom. The largest absolute Gasteiger partial charge is 0.455 e. The van der Waals surface area contributed by atoms with Crippen LogP contribution in [0.3, 0.4) is 0 Å². The number of nitrogens with zero attached hydrogens (tertiary/aromatic N) is 1. The Balaban J connectivity index is 1.53. The molecule has 0 saturated carbocycles. The topological polar surface area (TPSA) is 34.2 Å². The molecule has 0 spiro atoms. The van der Waals surface area contributed by atoms with Crippen molar-refractivity contribution >= 4 is 11.8 Å². The quantitative estimate of drug-likeness (QED) is 0.908. The number of benzene rings is 1. The van der Waals surface area contributed by atoms with Gasteiger partial charge in [0, 0.05) is 30.7 Å². The first-order chi connectivity index (χ1) is 11.4. The third-order valence-corrected chi connectivity index (χ3v) is 4.82. The zero-order valence-electron chi connectivity index (χ0n) is 12.5. The molecule has 1 aromatic carbocycles. The highest BCUT2D eigenvalue weighted by atomic mass is 32.2. The van der Waals surface area contributed by atoms with Gasteiger partial charge in [0.05, 0.1) is 9.80 Å². The molecule has 0 amide bonds. The van der Waals surface area contributed by atoms with E-state index in [1.807, 2.05) is 30.5 Å². The van der Waals surface area contributed by atoms with Crippen LogP contribution in [0.5, 0.6) is 5.75 Å². The van der Waals surface area contributed by atoms with Crippen LogP contribution in [0.25, 0.3) is 0 Å². The van der Waals surface area contributed by atoms with Gasteiger partial charge in [-0.3, -0.25) is 4.98 Å². The van der Waals surface area contributed by atoms with E-state index in [1.165, 1.54) is 9.80 Å². The van der Waals surface area contributed by atoms with Crippen LogP contribution in [0.1, 0.15) is 12.0 Å². The molecule has 1 N–H and O–H groups in total. The lowest BCUT2D eigenvalue weighted by Gasteiger charge is -2.21. The van der Waals surface area contributed by atoms with Crippen molar-refractivity contribution in [2.24, 2.45) is 0 Å². The monoisotopic (exact) mass is 320 g/mol. The zero-order valence-corrected chi connectivity index (χ0v) is 13.3. The summed E-state index contributed by atoms with van der Waals surface area (Å²) in [6, 6.07) is 12.2. The minimum Gasteiger partial charge on any atom is -0.455 e. The third kappa shape index (κ3) is 3.17. The van der Waals surface area contributed by atoms with E-state index in [1.54, 1.807) is 18.0 Å². The van der Waals surface area contributed by atoms with Crippen molar-refractivity contribution in [3.63, 3.8) is 0 Å². The van der Waals surface area contributed by atoms with Gasteiger partial charge < -0.3 is 10.1 Å². The summed E-state index contributed by atoms with van der Waals surface area (Å²) in [5.74, 6) is 1.84. The molecule has 0 fully saturated rings. The van der Waals surface area contributed by atoms with Crippen LogP contribution in [-0.2, 0) is 6.54 Å². The number of para-hydroxylation sites is 1. The van der Waals surface area contributed by atoms with Gasteiger partial charge in [-0.1, -0.05) is 42.1 Å². The maximum absolute atomic E-state index is 6.08. The van der Waals surface area contributed by atoms with E-state index in [0.717, 1.165) is 35.7 Å². The van der Waals surface area contributed by atoms with E-state index in [4.69, 9.17) is 4.74 Å². The van der Waals surface area contributed by atoms with Gasteiger partial charge in [-0.25, -0.2) is 0 Å². The van der Waals surface area contributed by atoms with Gasteiger partial charge in [0.2, 0.25) is 0 Å². The van der Waals surface area contributed by atoms with Crippen molar-refractivity contribution in [2.45, 2.75) is 17.9 Å². The molecule has 23 heavy (non-hydrogen) atoms. The van der Waals surface area contributed by atoms with Crippen LogP contribution in [0, 0.1) is 0 Å². The van der Waals surface area contributed by atoms with Crippen LogP contribution in [0.15, 0.2) is 88.3 Å². The molecule has 0 atom stereocenters. The summed E-state index contributed by atoms with van der Waals surface area (Å²) >= 11 is 1.77. The van der Waals surface area contributed by atoms with Gasteiger partial charge in [-0.05, 0) is 30.2 Å². The summed E-state index contributed by atoms with van der Waals surface area (Å²) in [6.45, 7) is 0.752. The van der Waals surface area contributed by atoms with Crippen LogP contribution < -0.4 is 10.1 Å². The number of rotatable bonds is 3. The SMILES string of the molecule is C1=C(NCc2cccnc2)C=C2Oc3ccccc3SC2=CC1. The fraction of sp³-hybridized carbons (Fsp3) is 0.105. The van der Waals surface area contributed by atoms with Gasteiger partial charge in [0.25, 0.3) is 0 Å². The predicted molar refractivity (Wildman–Crippen MR) is 92.9 cm³/mol.